The van der Waals surface area contributed by atoms with Gasteiger partial charge in [0.05, 0.1) is 0 Å². The molecule has 0 aliphatic heterocycles. The SMILES string of the molecule is CCCOC1(OC2=[C]([Ti+2])CC=C2)CC=C(C)C=C1C(C)(C)C.[Cl-].[Cl-]. The fourth-order valence-corrected chi connectivity index (χ4v) is 3.27. The third-order valence-corrected chi connectivity index (χ3v) is 4.69. The van der Waals surface area contributed by atoms with Crippen molar-refractivity contribution in [3.05, 3.63) is 45.1 Å². The molecule has 0 fully saturated rings. The Bertz CT molecular complexity index is 556. The largest absolute Gasteiger partial charge is 1.00 e. The minimum Gasteiger partial charge on any atom is -1.00 e. The van der Waals surface area contributed by atoms with Crippen LogP contribution in [0.15, 0.2) is 45.1 Å². The Balaban J connectivity index is 0.00000264. The van der Waals surface area contributed by atoms with E-state index < -0.39 is 5.79 Å². The van der Waals surface area contributed by atoms with Crippen molar-refractivity contribution < 1.29 is 54.7 Å². The summed E-state index contributed by atoms with van der Waals surface area (Å²) in [6.45, 7) is 11.7. The number of hydrogen-bond donors (Lipinski definition) is 0. The minimum absolute atomic E-state index is 0. The molecule has 0 aromatic heterocycles. The van der Waals surface area contributed by atoms with Gasteiger partial charge in [-0.05, 0) is 0 Å². The summed E-state index contributed by atoms with van der Waals surface area (Å²) < 4.78 is 14.1. The molecule has 2 aliphatic carbocycles. The van der Waals surface area contributed by atoms with Crippen LogP contribution in [0.3, 0.4) is 0 Å². The smallest absolute Gasteiger partial charge is 1.00 e. The van der Waals surface area contributed by atoms with E-state index in [0.29, 0.717) is 6.61 Å². The summed E-state index contributed by atoms with van der Waals surface area (Å²) in [6.07, 6.45) is 11.4. The van der Waals surface area contributed by atoms with Crippen molar-refractivity contribution in [3.8, 4) is 0 Å². The summed E-state index contributed by atoms with van der Waals surface area (Å²) in [5.74, 6) is 0.304. The average molecular weight is 406 g/mol. The molecule has 133 valence electrons. The maximum absolute atomic E-state index is 6.50. The molecule has 2 aliphatic rings. The molecule has 0 aromatic carbocycles. The van der Waals surface area contributed by atoms with Crippen molar-refractivity contribution in [3.63, 3.8) is 0 Å². The van der Waals surface area contributed by atoms with Gasteiger partial charge in [-0.2, -0.15) is 0 Å². The van der Waals surface area contributed by atoms with Crippen LogP contribution < -0.4 is 24.8 Å². The Morgan fingerprint density at radius 1 is 1.25 bits per heavy atom. The zero-order valence-electron chi connectivity index (χ0n) is 15.2. The van der Waals surface area contributed by atoms with Gasteiger partial charge in [0.2, 0.25) is 0 Å². The Kier molecular flexibility index (Phi) is 9.65. The summed E-state index contributed by atoms with van der Waals surface area (Å²) in [7, 11) is 0. The predicted molar refractivity (Wildman–Crippen MR) is 86.8 cm³/mol. The maximum atomic E-state index is 6.50. The molecule has 0 N–H and O–H groups in total. The van der Waals surface area contributed by atoms with Gasteiger partial charge in [0, 0.05) is 0 Å². The van der Waals surface area contributed by atoms with Crippen LogP contribution in [0.25, 0.3) is 0 Å². The minimum atomic E-state index is -0.668. The van der Waals surface area contributed by atoms with Crippen LogP contribution in [0.4, 0.5) is 0 Å². The normalized spacial score (nSPS) is 23.3. The quantitative estimate of drug-likeness (QED) is 0.439. The molecule has 0 spiro atoms. The van der Waals surface area contributed by atoms with E-state index >= 15 is 0 Å². The summed E-state index contributed by atoms with van der Waals surface area (Å²) in [4.78, 5) is 0. The first-order valence-electron chi connectivity index (χ1n) is 8.12. The van der Waals surface area contributed by atoms with E-state index in [2.05, 4.69) is 79.4 Å². The van der Waals surface area contributed by atoms with Crippen LogP contribution in [0.2, 0.25) is 0 Å². The molecule has 0 aromatic rings. The zero-order chi connectivity index (χ0) is 16.4. The van der Waals surface area contributed by atoms with Gasteiger partial charge < -0.3 is 24.8 Å². The third-order valence-electron chi connectivity index (χ3n) is 3.99. The average Bonchev–Trinajstić information content (AvgIpc) is 2.83. The predicted octanol–water partition coefficient (Wildman–Crippen LogP) is -0.825. The summed E-state index contributed by atoms with van der Waals surface area (Å²) in [6, 6.07) is 0. The first-order valence-corrected chi connectivity index (χ1v) is 8.90. The van der Waals surface area contributed by atoms with Crippen LogP contribution in [-0.4, -0.2) is 12.4 Å². The Morgan fingerprint density at radius 2 is 1.92 bits per heavy atom. The first kappa shape index (κ1) is 24.0. The van der Waals surface area contributed by atoms with E-state index in [0.717, 1.165) is 25.0 Å². The van der Waals surface area contributed by atoms with Crippen molar-refractivity contribution in [1.29, 1.82) is 0 Å². The van der Waals surface area contributed by atoms with Gasteiger partial charge in [0.1, 0.15) is 0 Å². The molecule has 0 saturated heterocycles. The summed E-state index contributed by atoms with van der Waals surface area (Å²) in [5, 5.41) is 0. The summed E-state index contributed by atoms with van der Waals surface area (Å²) in [5.41, 5.74) is 2.52. The molecule has 24 heavy (non-hydrogen) atoms. The van der Waals surface area contributed by atoms with E-state index in [9.17, 15) is 0 Å². The number of hydrogen-bond acceptors (Lipinski definition) is 2. The number of halogens is 2. The molecular formula is C19H27Cl2O2Ti. The molecule has 0 heterocycles. The zero-order valence-corrected chi connectivity index (χ0v) is 18.3. The van der Waals surface area contributed by atoms with E-state index in [1.165, 1.54) is 15.0 Å². The fourth-order valence-electron chi connectivity index (χ4n) is 2.88. The van der Waals surface area contributed by atoms with E-state index in [1.54, 1.807) is 0 Å². The fraction of sp³-hybridized carbons (Fsp3) is 0.579. The molecule has 5 heteroatoms. The number of rotatable bonds is 5. The second-order valence-electron chi connectivity index (χ2n) is 7.11. The topological polar surface area (TPSA) is 18.5 Å². The molecule has 1 unspecified atom stereocenters. The maximum Gasteiger partial charge on any atom is -1.00 e. The van der Waals surface area contributed by atoms with Gasteiger partial charge in [-0.3, -0.25) is 0 Å². The Hall–Kier alpha value is 0.0143. The molecule has 0 amide bonds. The van der Waals surface area contributed by atoms with Gasteiger partial charge >= 0.3 is 147 Å². The molecular weight excluding hydrogens is 379 g/mol. The Morgan fingerprint density at radius 3 is 2.42 bits per heavy atom. The van der Waals surface area contributed by atoms with Gasteiger partial charge in [0.15, 0.2) is 0 Å². The molecule has 1 atom stereocenters. The van der Waals surface area contributed by atoms with Crippen LogP contribution in [0, 0.1) is 5.41 Å². The van der Waals surface area contributed by atoms with E-state index in [-0.39, 0.29) is 30.2 Å². The van der Waals surface area contributed by atoms with E-state index in [4.69, 9.17) is 9.47 Å². The molecule has 0 bridgehead atoms. The molecule has 0 radical (unpaired) electrons. The van der Waals surface area contributed by atoms with Crippen molar-refractivity contribution in [1.82, 2.24) is 0 Å². The van der Waals surface area contributed by atoms with Gasteiger partial charge in [-0.1, -0.05) is 0 Å². The molecule has 2 nitrogen and oxygen atoms in total. The number of allylic oxidation sites excluding steroid dienone is 5. The first-order chi connectivity index (χ1) is 10.3. The van der Waals surface area contributed by atoms with Crippen molar-refractivity contribution in [2.45, 2.75) is 59.7 Å². The van der Waals surface area contributed by atoms with Gasteiger partial charge in [-0.15, -0.1) is 0 Å². The summed E-state index contributed by atoms with van der Waals surface area (Å²) >= 11 is 2.13. The van der Waals surface area contributed by atoms with Gasteiger partial charge in [-0.25, -0.2) is 0 Å². The van der Waals surface area contributed by atoms with Crippen LogP contribution in [0.1, 0.15) is 53.9 Å². The van der Waals surface area contributed by atoms with E-state index in [1.807, 2.05) is 0 Å². The van der Waals surface area contributed by atoms with Crippen molar-refractivity contribution in [2.75, 3.05) is 6.61 Å². The Labute approximate surface area is 171 Å². The third kappa shape index (κ3) is 5.51. The van der Waals surface area contributed by atoms with Crippen molar-refractivity contribution in [2.24, 2.45) is 5.41 Å². The standard InChI is InChI=1S/C19H27O2.2ClH.Ti/c1-6-13-20-19(21-16-9-7-8-10-16)12-11-15(2)14-17(19)18(3,4)5;;;/h7,9,11,14H,6,8,12-13H2,1-5H3;2*1H;/q;;;+2/p-2. The second-order valence-corrected chi connectivity index (χ2v) is 8.06. The number of ether oxygens (including phenoxy) is 2. The monoisotopic (exact) mass is 405 g/mol. The van der Waals surface area contributed by atoms with Crippen molar-refractivity contribution >= 4 is 0 Å². The van der Waals surface area contributed by atoms with Crippen LogP contribution in [-0.2, 0) is 29.9 Å². The second kappa shape index (κ2) is 9.64. The van der Waals surface area contributed by atoms with Gasteiger partial charge in [0.25, 0.3) is 0 Å². The van der Waals surface area contributed by atoms with Crippen LogP contribution >= 0.6 is 0 Å². The molecule has 0 saturated carbocycles. The molecule has 2 rings (SSSR count). The van der Waals surface area contributed by atoms with Crippen LogP contribution in [0.5, 0.6) is 0 Å².